The van der Waals surface area contributed by atoms with Gasteiger partial charge in [0.2, 0.25) is 0 Å². The van der Waals surface area contributed by atoms with Gasteiger partial charge in [0.1, 0.15) is 5.82 Å². The SMILES string of the molecule is Cc1c(Br)cccc1C(Br)Cc1cccc(F)c1. The normalized spacial score (nSPS) is 12.4. The predicted molar refractivity (Wildman–Crippen MR) is 80.7 cm³/mol. The van der Waals surface area contributed by atoms with Gasteiger partial charge in [-0.2, -0.15) is 0 Å². The van der Waals surface area contributed by atoms with Crippen LogP contribution >= 0.6 is 31.9 Å². The highest BCUT2D eigenvalue weighted by Crippen LogP contribution is 2.32. The lowest BCUT2D eigenvalue weighted by molar-refractivity contribution is 0.625. The summed E-state index contributed by atoms with van der Waals surface area (Å²) < 4.78 is 14.2. The topological polar surface area (TPSA) is 0 Å². The fourth-order valence-electron chi connectivity index (χ4n) is 1.94. The Hall–Kier alpha value is -0.670. The molecule has 2 aromatic carbocycles. The van der Waals surface area contributed by atoms with Crippen molar-refractivity contribution >= 4 is 31.9 Å². The monoisotopic (exact) mass is 370 g/mol. The van der Waals surface area contributed by atoms with Crippen molar-refractivity contribution in [2.24, 2.45) is 0 Å². The molecule has 0 amide bonds. The molecule has 0 nitrogen and oxygen atoms in total. The van der Waals surface area contributed by atoms with Crippen LogP contribution in [0, 0.1) is 12.7 Å². The van der Waals surface area contributed by atoms with Gasteiger partial charge in [0, 0.05) is 9.30 Å². The van der Waals surface area contributed by atoms with Crippen LogP contribution in [0.3, 0.4) is 0 Å². The molecule has 0 saturated heterocycles. The fraction of sp³-hybridized carbons (Fsp3) is 0.200. The number of benzene rings is 2. The molecule has 0 fully saturated rings. The molecule has 3 heteroatoms. The second-order valence-electron chi connectivity index (χ2n) is 4.26. The van der Waals surface area contributed by atoms with Crippen LogP contribution in [-0.4, -0.2) is 0 Å². The van der Waals surface area contributed by atoms with Gasteiger partial charge in [-0.15, -0.1) is 0 Å². The summed E-state index contributed by atoms with van der Waals surface area (Å²) >= 11 is 7.22. The minimum atomic E-state index is -0.182. The molecule has 0 saturated carbocycles. The van der Waals surface area contributed by atoms with Gasteiger partial charge in [-0.1, -0.05) is 56.1 Å². The van der Waals surface area contributed by atoms with Crippen LogP contribution in [0.15, 0.2) is 46.9 Å². The average molecular weight is 372 g/mol. The minimum absolute atomic E-state index is 0.182. The van der Waals surface area contributed by atoms with E-state index in [1.165, 1.54) is 17.2 Å². The standard InChI is InChI=1S/C15H13Br2F/c1-10-13(6-3-7-14(10)16)15(17)9-11-4-2-5-12(18)8-11/h2-8,15H,9H2,1H3. The Morgan fingerprint density at radius 3 is 2.61 bits per heavy atom. The molecule has 2 aromatic rings. The van der Waals surface area contributed by atoms with Gasteiger partial charge in [-0.25, -0.2) is 4.39 Å². The maximum absolute atomic E-state index is 13.1. The van der Waals surface area contributed by atoms with Crippen molar-refractivity contribution in [1.29, 1.82) is 0 Å². The zero-order valence-electron chi connectivity index (χ0n) is 9.96. The summed E-state index contributed by atoms with van der Waals surface area (Å²) in [6.07, 6.45) is 0.773. The van der Waals surface area contributed by atoms with E-state index in [0.29, 0.717) is 0 Å². The van der Waals surface area contributed by atoms with E-state index < -0.39 is 0 Å². The second-order valence-corrected chi connectivity index (χ2v) is 6.22. The van der Waals surface area contributed by atoms with Crippen molar-refractivity contribution in [3.05, 3.63) is 69.4 Å². The predicted octanol–water partition coefficient (Wildman–Crippen LogP) is 5.58. The Morgan fingerprint density at radius 1 is 1.17 bits per heavy atom. The fourth-order valence-corrected chi connectivity index (χ4v) is 3.20. The molecular weight excluding hydrogens is 359 g/mol. The van der Waals surface area contributed by atoms with Crippen LogP contribution in [0.2, 0.25) is 0 Å². The molecule has 0 aliphatic carbocycles. The summed E-state index contributed by atoms with van der Waals surface area (Å²) in [4.78, 5) is 0.191. The molecule has 1 atom stereocenters. The van der Waals surface area contributed by atoms with E-state index in [9.17, 15) is 4.39 Å². The van der Waals surface area contributed by atoms with Gasteiger partial charge >= 0.3 is 0 Å². The Kier molecular flexibility index (Phi) is 4.57. The van der Waals surface area contributed by atoms with E-state index in [0.717, 1.165) is 16.5 Å². The first-order chi connectivity index (χ1) is 8.58. The van der Waals surface area contributed by atoms with E-state index >= 15 is 0 Å². The summed E-state index contributed by atoms with van der Waals surface area (Å²) in [7, 11) is 0. The lowest BCUT2D eigenvalue weighted by Crippen LogP contribution is -1.98. The van der Waals surface area contributed by atoms with Crippen LogP contribution in [0.4, 0.5) is 4.39 Å². The molecule has 18 heavy (non-hydrogen) atoms. The highest BCUT2D eigenvalue weighted by atomic mass is 79.9. The van der Waals surface area contributed by atoms with Crippen molar-refractivity contribution in [3.63, 3.8) is 0 Å². The van der Waals surface area contributed by atoms with Crippen LogP contribution < -0.4 is 0 Å². The van der Waals surface area contributed by atoms with E-state index in [1.54, 1.807) is 12.1 Å². The molecule has 0 aromatic heterocycles. The van der Waals surface area contributed by atoms with Crippen molar-refractivity contribution in [3.8, 4) is 0 Å². The Labute approximate surface area is 123 Å². The van der Waals surface area contributed by atoms with Gasteiger partial charge in [0.15, 0.2) is 0 Å². The molecule has 0 aliphatic rings. The van der Waals surface area contributed by atoms with Crippen molar-refractivity contribution in [1.82, 2.24) is 0 Å². The molecule has 2 rings (SSSR count). The molecule has 1 unspecified atom stereocenters. The van der Waals surface area contributed by atoms with Crippen molar-refractivity contribution < 1.29 is 4.39 Å². The molecule has 94 valence electrons. The van der Waals surface area contributed by atoms with Gasteiger partial charge in [-0.05, 0) is 48.2 Å². The third kappa shape index (κ3) is 3.21. The molecular formula is C15H13Br2F. The highest BCUT2D eigenvalue weighted by Gasteiger charge is 2.12. The molecule has 0 N–H and O–H groups in total. The first kappa shape index (κ1) is 13.8. The van der Waals surface area contributed by atoms with Crippen LogP contribution in [0.25, 0.3) is 0 Å². The average Bonchev–Trinajstić information content (AvgIpc) is 2.32. The lowest BCUT2D eigenvalue weighted by atomic mass is 10.0. The summed E-state index contributed by atoms with van der Waals surface area (Å²) in [5, 5.41) is 0. The first-order valence-corrected chi connectivity index (χ1v) is 7.42. The lowest BCUT2D eigenvalue weighted by Gasteiger charge is -2.14. The minimum Gasteiger partial charge on any atom is -0.207 e. The summed E-state index contributed by atoms with van der Waals surface area (Å²) in [5.74, 6) is -0.182. The number of alkyl halides is 1. The van der Waals surface area contributed by atoms with Gasteiger partial charge in [-0.3, -0.25) is 0 Å². The third-order valence-electron chi connectivity index (χ3n) is 2.95. The van der Waals surface area contributed by atoms with E-state index in [4.69, 9.17) is 0 Å². The molecule has 0 aliphatic heterocycles. The smallest absolute Gasteiger partial charge is 0.123 e. The first-order valence-electron chi connectivity index (χ1n) is 5.71. The van der Waals surface area contributed by atoms with Gasteiger partial charge < -0.3 is 0 Å². The highest BCUT2D eigenvalue weighted by molar-refractivity contribution is 9.10. The third-order valence-corrected chi connectivity index (χ3v) is 4.63. The maximum atomic E-state index is 13.1. The summed E-state index contributed by atoms with van der Waals surface area (Å²) in [5.41, 5.74) is 3.45. The van der Waals surface area contributed by atoms with Crippen LogP contribution in [0.1, 0.15) is 21.5 Å². The quantitative estimate of drug-likeness (QED) is 0.618. The molecule has 0 heterocycles. The Bertz CT molecular complexity index is 552. The molecule has 0 radical (unpaired) electrons. The number of hydrogen-bond acceptors (Lipinski definition) is 0. The van der Waals surface area contributed by atoms with Crippen LogP contribution in [0.5, 0.6) is 0 Å². The molecule has 0 bridgehead atoms. The maximum Gasteiger partial charge on any atom is 0.123 e. The second kappa shape index (κ2) is 5.98. The van der Waals surface area contributed by atoms with Crippen molar-refractivity contribution in [2.75, 3.05) is 0 Å². The number of rotatable bonds is 3. The number of hydrogen-bond donors (Lipinski definition) is 0. The van der Waals surface area contributed by atoms with Crippen molar-refractivity contribution in [2.45, 2.75) is 18.2 Å². The largest absolute Gasteiger partial charge is 0.207 e. The van der Waals surface area contributed by atoms with Gasteiger partial charge in [0.25, 0.3) is 0 Å². The zero-order valence-corrected chi connectivity index (χ0v) is 13.1. The van der Waals surface area contributed by atoms with E-state index in [-0.39, 0.29) is 10.6 Å². The summed E-state index contributed by atoms with van der Waals surface area (Å²) in [6.45, 7) is 2.08. The van der Waals surface area contributed by atoms with E-state index in [2.05, 4.69) is 44.8 Å². The zero-order chi connectivity index (χ0) is 13.1. The van der Waals surface area contributed by atoms with Crippen LogP contribution in [-0.2, 0) is 6.42 Å². The Balaban J connectivity index is 2.22. The van der Waals surface area contributed by atoms with Gasteiger partial charge in [0.05, 0.1) is 0 Å². The Morgan fingerprint density at radius 2 is 1.89 bits per heavy atom. The number of halogens is 3. The molecule has 0 spiro atoms. The van der Waals surface area contributed by atoms with E-state index in [1.807, 2.05) is 18.2 Å². The summed E-state index contributed by atoms with van der Waals surface area (Å²) in [6, 6.07) is 12.9.